The van der Waals surface area contributed by atoms with Gasteiger partial charge in [-0.05, 0) is 24.3 Å². The number of imidazole rings is 1. The third-order valence-corrected chi connectivity index (χ3v) is 2.91. The van der Waals surface area contributed by atoms with Crippen LogP contribution in [0.15, 0.2) is 48.9 Å². The summed E-state index contributed by atoms with van der Waals surface area (Å²) >= 11 is 5.04. The second-order valence-electron chi connectivity index (χ2n) is 3.84. The van der Waals surface area contributed by atoms with Crippen LogP contribution < -0.4 is 5.73 Å². The predicted octanol–water partition coefficient (Wildman–Crippen LogP) is 2.03. The number of rotatable bonds is 2. The van der Waals surface area contributed by atoms with Crippen LogP contribution >= 0.6 is 12.2 Å². The Morgan fingerprint density at radius 3 is 2.67 bits per heavy atom. The Balaban J connectivity index is 2.34. The van der Waals surface area contributed by atoms with E-state index in [0.29, 0.717) is 10.7 Å². The lowest BCUT2D eigenvalue weighted by Crippen LogP contribution is -2.10. The van der Waals surface area contributed by atoms with Crippen molar-refractivity contribution in [1.82, 2.24) is 14.4 Å². The molecule has 0 unspecified atom stereocenters. The molecule has 3 heterocycles. The van der Waals surface area contributed by atoms with E-state index in [1.807, 2.05) is 40.9 Å². The van der Waals surface area contributed by atoms with E-state index in [0.717, 1.165) is 16.9 Å². The summed E-state index contributed by atoms with van der Waals surface area (Å²) < 4.78 is 1.98. The van der Waals surface area contributed by atoms with Crippen LogP contribution in [-0.4, -0.2) is 19.4 Å². The van der Waals surface area contributed by atoms with Gasteiger partial charge in [-0.2, -0.15) is 0 Å². The third kappa shape index (κ3) is 1.65. The molecule has 18 heavy (non-hydrogen) atoms. The van der Waals surface area contributed by atoms with Gasteiger partial charge >= 0.3 is 0 Å². The average Bonchev–Trinajstić information content (AvgIpc) is 2.79. The zero-order chi connectivity index (χ0) is 12.5. The first-order valence-corrected chi connectivity index (χ1v) is 5.85. The van der Waals surface area contributed by atoms with Crippen LogP contribution in [0.4, 0.5) is 0 Å². The molecule has 0 bridgehead atoms. The van der Waals surface area contributed by atoms with Gasteiger partial charge < -0.3 is 5.73 Å². The molecule has 0 aromatic carbocycles. The molecule has 2 N–H and O–H groups in total. The van der Waals surface area contributed by atoms with Gasteiger partial charge in [0.2, 0.25) is 0 Å². The molecule has 0 amide bonds. The lowest BCUT2D eigenvalue weighted by atomic mass is 10.2. The van der Waals surface area contributed by atoms with Crippen LogP contribution in [-0.2, 0) is 0 Å². The van der Waals surface area contributed by atoms with Gasteiger partial charge in [0.15, 0.2) is 0 Å². The smallest absolute Gasteiger partial charge is 0.145 e. The summed E-state index contributed by atoms with van der Waals surface area (Å²) in [6.45, 7) is 0. The summed E-state index contributed by atoms with van der Waals surface area (Å²) in [5.41, 5.74) is 8.26. The molecule has 4 nitrogen and oxygen atoms in total. The van der Waals surface area contributed by atoms with E-state index in [9.17, 15) is 0 Å². The zero-order valence-corrected chi connectivity index (χ0v) is 10.3. The van der Waals surface area contributed by atoms with Crippen molar-refractivity contribution in [1.29, 1.82) is 0 Å². The molecular formula is C13H10N4S. The molecule has 0 spiro atoms. The molecule has 0 saturated heterocycles. The van der Waals surface area contributed by atoms with Gasteiger partial charge in [-0.15, -0.1) is 0 Å². The minimum absolute atomic E-state index is 0.305. The fraction of sp³-hybridized carbons (Fsp3) is 0. The highest BCUT2D eigenvalue weighted by Gasteiger charge is 2.13. The number of hydrogen-bond donors (Lipinski definition) is 1. The lowest BCUT2D eigenvalue weighted by Gasteiger charge is -1.99. The first-order chi connectivity index (χ1) is 8.77. The maximum atomic E-state index is 5.71. The van der Waals surface area contributed by atoms with E-state index in [4.69, 9.17) is 18.0 Å². The van der Waals surface area contributed by atoms with Crippen molar-refractivity contribution >= 4 is 22.7 Å². The van der Waals surface area contributed by atoms with Gasteiger partial charge in [-0.25, -0.2) is 4.98 Å². The number of nitrogens with zero attached hydrogens (tertiary/aromatic N) is 3. The molecule has 5 heteroatoms. The molecule has 0 aliphatic heterocycles. The molecule has 3 rings (SSSR count). The van der Waals surface area contributed by atoms with Crippen LogP contribution in [0.5, 0.6) is 0 Å². The van der Waals surface area contributed by atoms with Crippen LogP contribution in [0.25, 0.3) is 16.9 Å². The fourth-order valence-corrected chi connectivity index (χ4v) is 2.07. The normalized spacial score (nSPS) is 10.7. The highest BCUT2D eigenvalue weighted by atomic mass is 32.1. The van der Waals surface area contributed by atoms with Crippen LogP contribution in [0.1, 0.15) is 5.69 Å². The van der Waals surface area contributed by atoms with Crippen LogP contribution in [0.3, 0.4) is 0 Å². The number of pyridine rings is 2. The topological polar surface area (TPSA) is 56.2 Å². The Morgan fingerprint density at radius 1 is 1.17 bits per heavy atom. The molecule has 88 valence electrons. The summed E-state index contributed by atoms with van der Waals surface area (Å²) in [7, 11) is 0. The first-order valence-electron chi connectivity index (χ1n) is 5.44. The van der Waals surface area contributed by atoms with Gasteiger partial charge in [0.05, 0.1) is 5.52 Å². The maximum absolute atomic E-state index is 5.71. The van der Waals surface area contributed by atoms with Crippen molar-refractivity contribution in [2.45, 2.75) is 0 Å². The monoisotopic (exact) mass is 254 g/mol. The van der Waals surface area contributed by atoms with Gasteiger partial charge in [0.25, 0.3) is 0 Å². The van der Waals surface area contributed by atoms with E-state index in [2.05, 4.69) is 9.97 Å². The Bertz CT molecular complexity index is 718. The van der Waals surface area contributed by atoms with E-state index in [1.54, 1.807) is 12.4 Å². The second-order valence-corrected chi connectivity index (χ2v) is 4.28. The van der Waals surface area contributed by atoms with E-state index >= 15 is 0 Å². The van der Waals surface area contributed by atoms with Crippen molar-refractivity contribution in [3.8, 4) is 11.4 Å². The summed E-state index contributed by atoms with van der Waals surface area (Å²) in [5.74, 6) is 0.816. The summed E-state index contributed by atoms with van der Waals surface area (Å²) in [6, 6.07) is 9.65. The molecule has 0 aliphatic rings. The zero-order valence-electron chi connectivity index (χ0n) is 9.45. The van der Waals surface area contributed by atoms with E-state index in [-0.39, 0.29) is 0 Å². The van der Waals surface area contributed by atoms with Crippen molar-refractivity contribution in [2.75, 3.05) is 0 Å². The average molecular weight is 254 g/mol. The summed E-state index contributed by atoms with van der Waals surface area (Å²) in [6.07, 6.45) is 5.42. The molecule has 0 fully saturated rings. The minimum Gasteiger partial charge on any atom is -0.388 e. The maximum Gasteiger partial charge on any atom is 0.145 e. The largest absolute Gasteiger partial charge is 0.388 e. The molecule has 0 radical (unpaired) electrons. The minimum atomic E-state index is 0.305. The van der Waals surface area contributed by atoms with Crippen LogP contribution in [0.2, 0.25) is 0 Å². The standard InChI is InChI=1S/C13H10N4S/c14-12(18)11-10-3-1-2-8-17(10)13(16-11)9-4-6-15-7-5-9/h1-8H,(H2,14,18). The molecule has 0 aliphatic carbocycles. The van der Waals surface area contributed by atoms with Crippen molar-refractivity contribution in [3.63, 3.8) is 0 Å². The SMILES string of the molecule is NC(=S)c1nc(-c2ccncc2)n2ccccc12. The summed E-state index contributed by atoms with van der Waals surface area (Å²) in [5, 5.41) is 0. The molecule has 3 aromatic heterocycles. The summed E-state index contributed by atoms with van der Waals surface area (Å²) in [4.78, 5) is 8.84. The van der Waals surface area contributed by atoms with E-state index < -0.39 is 0 Å². The Labute approximate surface area is 109 Å². The molecular weight excluding hydrogens is 244 g/mol. The Morgan fingerprint density at radius 2 is 1.94 bits per heavy atom. The number of fused-ring (bicyclic) bond motifs is 1. The van der Waals surface area contributed by atoms with Gasteiger partial charge in [0, 0.05) is 24.2 Å². The van der Waals surface area contributed by atoms with Gasteiger partial charge in [0.1, 0.15) is 16.5 Å². The second kappa shape index (κ2) is 4.19. The highest BCUT2D eigenvalue weighted by molar-refractivity contribution is 7.80. The Hall–Kier alpha value is -2.27. The van der Waals surface area contributed by atoms with Crippen LogP contribution in [0, 0.1) is 0 Å². The lowest BCUT2D eigenvalue weighted by molar-refractivity contribution is 1.16. The van der Waals surface area contributed by atoms with E-state index in [1.165, 1.54) is 0 Å². The number of aromatic nitrogens is 3. The van der Waals surface area contributed by atoms with Crippen molar-refractivity contribution in [3.05, 3.63) is 54.6 Å². The quantitative estimate of drug-likeness (QED) is 0.711. The third-order valence-electron chi connectivity index (χ3n) is 2.72. The molecule has 0 saturated carbocycles. The molecule has 3 aromatic rings. The Kier molecular flexibility index (Phi) is 2.53. The first kappa shape index (κ1) is 10.9. The van der Waals surface area contributed by atoms with Crippen molar-refractivity contribution in [2.24, 2.45) is 5.73 Å². The highest BCUT2D eigenvalue weighted by Crippen LogP contribution is 2.21. The number of thiocarbonyl (C=S) groups is 1. The number of hydrogen-bond acceptors (Lipinski definition) is 3. The van der Waals surface area contributed by atoms with Crippen molar-refractivity contribution < 1.29 is 0 Å². The fourth-order valence-electron chi connectivity index (χ4n) is 1.92. The predicted molar refractivity (Wildman–Crippen MR) is 74.3 cm³/mol. The molecule has 0 atom stereocenters. The number of nitrogens with two attached hydrogens (primary N) is 1. The van der Waals surface area contributed by atoms with Gasteiger partial charge in [-0.1, -0.05) is 18.3 Å². The van der Waals surface area contributed by atoms with Gasteiger partial charge in [-0.3, -0.25) is 9.38 Å².